The maximum absolute atomic E-state index is 12.3. The molecule has 0 heterocycles. The lowest BCUT2D eigenvalue weighted by Gasteiger charge is -2.20. The smallest absolute Gasteiger partial charge is 0.309 e. The van der Waals surface area contributed by atoms with Gasteiger partial charge >= 0.3 is 11.9 Å². The van der Waals surface area contributed by atoms with Crippen LogP contribution in [0.15, 0.2) is 0 Å². The number of rotatable bonds is 16. The Morgan fingerprint density at radius 2 is 1.73 bits per heavy atom. The topological polar surface area (TPSA) is 128 Å². The van der Waals surface area contributed by atoms with Crippen LogP contribution >= 0.6 is 7.52 Å². The number of ether oxygens (including phenoxy) is 2. The van der Waals surface area contributed by atoms with Gasteiger partial charge in [-0.15, -0.1) is 0 Å². The second-order valence-electron chi connectivity index (χ2n) is 6.27. The summed E-state index contributed by atoms with van der Waals surface area (Å²) in [6.07, 6.45) is 3.72. The molecule has 0 bridgehead atoms. The molecule has 0 aliphatic rings. The molecule has 4 N–H and O–H groups in total. The van der Waals surface area contributed by atoms with Gasteiger partial charge in [-0.05, 0) is 32.2 Å². The van der Waals surface area contributed by atoms with E-state index in [1.54, 1.807) is 0 Å². The van der Waals surface area contributed by atoms with Gasteiger partial charge in [0.25, 0.3) is 7.52 Å². The molecule has 0 saturated carbocycles. The first-order valence-electron chi connectivity index (χ1n) is 9.45. The van der Waals surface area contributed by atoms with E-state index in [9.17, 15) is 19.0 Å². The molecule has 0 radical (unpaired) electrons. The van der Waals surface area contributed by atoms with Crippen molar-refractivity contribution in [1.29, 1.82) is 0 Å². The van der Waals surface area contributed by atoms with Crippen LogP contribution in [0.2, 0.25) is 0 Å². The Kier molecular flexibility index (Phi) is 14.6. The SMILES string of the molecule is CCCCOC(=O)CCC(CP(=O)(O)NCCCN)C(=O)OCCCC. The van der Waals surface area contributed by atoms with Gasteiger partial charge in [0, 0.05) is 13.0 Å². The highest BCUT2D eigenvalue weighted by Crippen LogP contribution is 2.39. The van der Waals surface area contributed by atoms with Crippen LogP contribution in [-0.2, 0) is 23.6 Å². The molecule has 0 aromatic carbocycles. The fourth-order valence-electron chi connectivity index (χ4n) is 2.13. The largest absolute Gasteiger partial charge is 0.466 e. The summed E-state index contributed by atoms with van der Waals surface area (Å²) in [7, 11) is -3.72. The van der Waals surface area contributed by atoms with E-state index < -0.39 is 25.4 Å². The number of unbranched alkanes of at least 4 members (excludes halogenated alkanes) is 2. The zero-order valence-electron chi connectivity index (χ0n) is 16.1. The molecule has 9 heteroatoms. The molecule has 154 valence electrons. The van der Waals surface area contributed by atoms with Crippen LogP contribution in [0.5, 0.6) is 0 Å². The summed E-state index contributed by atoms with van der Waals surface area (Å²) in [5.41, 5.74) is 5.37. The molecular formula is C17H35N2O6P. The predicted octanol–water partition coefficient (Wildman–Crippen LogP) is 2.19. The molecule has 26 heavy (non-hydrogen) atoms. The molecule has 0 amide bonds. The summed E-state index contributed by atoms with van der Waals surface area (Å²) in [5.74, 6) is -1.78. The van der Waals surface area contributed by atoms with Crippen molar-refractivity contribution < 1.29 is 28.5 Å². The summed E-state index contributed by atoms with van der Waals surface area (Å²) in [6, 6.07) is 0. The van der Waals surface area contributed by atoms with E-state index in [0.717, 1.165) is 25.7 Å². The van der Waals surface area contributed by atoms with Crippen LogP contribution in [0.1, 0.15) is 58.8 Å². The molecule has 0 saturated heterocycles. The van der Waals surface area contributed by atoms with Gasteiger partial charge in [-0.1, -0.05) is 26.7 Å². The maximum atomic E-state index is 12.3. The van der Waals surface area contributed by atoms with Gasteiger partial charge in [0.15, 0.2) is 0 Å². The van der Waals surface area contributed by atoms with Crippen molar-refractivity contribution in [2.75, 3.05) is 32.5 Å². The average Bonchev–Trinajstić information content (AvgIpc) is 2.59. The van der Waals surface area contributed by atoms with Crippen LogP contribution in [0.3, 0.4) is 0 Å². The first-order chi connectivity index (χ1) is 12.4. The number of hydrogen-bond acceptors (Lipinski definition) is 6. The molecule has 0 aliphatic carbocycles. The Hall–Kier alpha value is -0.950. The second-order valence-corrected chi connectivity index (χ2v) is 8.35. The van der Waals surface area contributed by atoms with Crippen LogP contribution in [0.25, 0.3) is 0 Å². The van der Waals surface area contributed by atoms with Gasteiger partial charge in [-0.2, -0.15) is 0 Å². The van der Waals surface area contributed by atoms with Gasteiger partial charge in [0.1, 0.15) is 0 Å². The number of esters is 2. The van der Waals surface area contributed by atoms with E-state index in [2.05, 4.69) is 5.09 Å². The standard InChI is InChI=1S/C17H35N2O6P/c1-3-5-12-24-16(20)9-8-15(17(21)25-13-6-4-2)14-26(22,23)19-11-7-10-18/h15H,3-14,18H2,1-2H3,(H2,19,22,23). The average molecular weight is 394 g/mol. The van der Waals surface area contributed by atoms with Crippen molar-refractivity contribution >= 4 is 19.5 Å². The molecule has 0 aromatic rings. The van der Waals surface area contributed by atoms with Crippen LogP contribution in [0, 0.1) is 5.92 Å². The predicted molar refractivity (Wildman–Crippen MR) is 101 cm³/mol. The molecule has 0 aliphatic heterocycles. The van der Waals surface area contributed by atoms with Crippen LogP contribution in [0.4, 0.5) is 0 Å². The van der Waals surface area contributed by atoms with E-state index in [-0.39, 0.29) is 25.6 Å². The molecule has 2 atom stereocenters. The Balaban J connectivity index is 4.65. The van der Waals surface area contributed by atoms with E-state index in [1.807, 2.05) is 13.8 Å². The minimum absolute atomic E-state index is 0.0139. The number of nitrogens with two attached hydrogens (primary N) is 1. The highest BCUT2D eigenvalue weighted by atomic mass is 31.2. The number of carbonyl (C=O) groups excluding carboxylic acids is 2. The third-order valence-electron chi connectivity index (χ3n) is 3.74. The highest BCUT2D eigenvalue weighted by molar-refractivity contribution is 7.55. The lowest BCUT2D eigenvalue weighted by molar-refractivity contribution is -0.149. The summed E-state index contributed by atoms with van der Waals surface area (Å²) in [5, 5.41) is 2.55. The van der Waals surface area contributed by atoms with Crippen molar-refractivity contribution in [1.82, 2.24) is 5.09 Å². The zero-order valence-corrected chi connectivity index (χ0v) is 17.0. The number of nitrogens with one attached hydrogen (secondary N) is 1. The van der Waals surface area contributed by atoms with Crippen molar-refractivity contribution in [3.63, 3.8) is 0 Å². The van der Waals surface area contributed by atoms with Gasteiger partial charge < -0.3 is 20.1 Å². The van der Waals surface area contributed by atoms with Gasteiger partial charge in [0.05, 0.1) is 25.3 Å². The van der Waals surface area contributed by atoms with Crippen molar-refractivity contribution in [2.24, 2.45) is 11.7 Å². The normalized spacial score (nSPS) is 14.5. The monoisotopic (exact) mass is 394 g/mol. The summed E-state index contributed by atoms with van der Waals surface area (Å²) < 4.78 is 22.5. The van der Waals surface area contributed by atoms with E-state index in [4.69, 9.17) is 15.2 Å². The first kappa shape index (κ1) is 25.1. The highest BCUT2D eigenvalue weighted by Gasteiger charge is 2.30. The summed E-state index contributed by atoms with van der Waals surface area (Å²) in [4.78, 5) is 34.0. The summed E-state index contributed by atoms with van der Waals surface area (Å²) in [6.45, 7) is 5.27. The third kappa shape index (κ3) is 13.3. The van der Waals surface area contributed by atoms with Crippen molar-refractivity contribution in [2.45, 2.75) is 58.8 Å². The lowest BCUT2D eigenvalue weighted by atomic mass is 10.1. The molecule has 0 rings (SSSR count). The Labute approximate surface area is 156 Å². The molecule has 0 spiro atoms. The van der Waals surface area contributed by atoms with Gasteiger partial charge in [0.2, 0.25) is 0 Å². The van der Waals surface area contributed by atoms with Gasteiger partial charge in [-0.3, -0.25) is 14.2 Å². The van der Waals surface area contributed by atoms with Crippen molar-refractivity contribution in [3.8, 4) is 0 Å². The Morgan fingerprint density at radius 1 is 1.12 bits per heavy atom. The van der Waals surface area contributed by atoms with Gasteiger partial charge in [-0.25, -0.2) is 5.09 Å². The maximum Gasteiger partial charge on any atom is 0.309 e. The minimum atomic E-state index is -3.72. The second kappa shape index (κ2) is 15.1. The van der Waals surface area contributed by atoms with E-state index >= 15 is 0 Å². The number of hydrogen-bond donors (Lipinski definition) is 3. The minimum Gasteiger partial charge on any atom is -0.466 e. The molecule has 2 unspecified atom stereocenters. The van der Waals surface area contributed by atoms with Crippen LogP contribution in [-0.4, -0.2) is 49.3 Å². The molecular weight excluding hydrogens is 359 g/mol. The zero-order chi connectivity index (χ0) is 19.8. The molecule has 8 nitrogen and oxygen atoms in total. The first-order valence-corrected chi connectivity index (χ1v) is 11.3. The Bertz CT molecular complexity index is 447. The lowest BCUT2D eigenvalue weighted by Crippen LogP contribution is -2.27. The van der Waals surface area contributed by atoms with E-state index in [1.165, 1.54) is 0 Å². The van der Waals surface area contributed by atoms with Crippen LogP contribution < -0.4 is 10.8 Å². The third-order valence-corrected chi connectivity index (χ3v) is 5.39. The number of carbonyl (C=O) groups is 2. The quantitative estimate of drug-likeness (QED) is 0.206. The summed E-state index contributed by atoms with van der Waals surface area (Å²) >= 11 is 0. The molecule has 0 aromatic heterocycles. The van der Waals surface area contributed by atoms with Crippen molar-refractivity contribution in [3.05, 3.63) is 0 Å². The van der Waals surface area contributed by atoms with E-state index in [0.29, 0.717) is 26.1 Å². The molecule has 0 fully saturated rings. The fourth-order valence-corrected chi connectivity index (χ4v) is 3.70. The fraction of sp³-hybridized carbons (Fsp3) is 0.882. The Morgan fingerprint density at radius 3 is 2.31 bits per heavy atom.